The van der Waals surface area contributed by atoms with Gasteiger partial charge in [0.2, 0.25) is 10.0 Å². The largest absolute Gasteiger partial charge is 0.476 e. The number of sulfonamides is 1. The molecule has 0 spiro atoms. The van der Waals surface area contributed by atoms with Crippen molar-refractivity contribution in [1.82, 2.24) is 14.9 Å². The number of aromatic carboxylic acids is 1. The molecule has 0 unspecified atom stereocenters. The van der Waals surface area contributed by atoms with E-state index in [4.69, 9.17) is 5.11 Å². The standard InChI is InChI=1S/C12H19N3O5S/c1-8-10(9(11(17)18)14-13-8)21(19,20)15-12(7-16)5-3-2-4-6-12/h15-16H,2-7H2,1H3,(H,13,14)(H,17,18). The van der Waals surface area contributed by atoms with Crippen LogP contribution in [-0.4, -0.2) is 46.9 Å². The molecule has 21 heavy (non-hydrogen) atoms. The Kier molecular flexibility index (Phi) is 4.35. The maximum atomic E-state index is 12.5. The third-order valence-electron chi connectivity index (χ3n) is 3.83. The molecule has 0 radical (unpaired) electrons. The maximum absolute atomic E-state index is 12.5. The number of carbonyl (C=O) groups is 1. The molecule has 1 aromatic rings. The van der Waals surface area contributed by atoms with E-state index in [1.807, 2.05) is 0 Å². The Labute approximate surface area is 122 Å². The molecule has 0 atom stereocenters. The Morgan fingerprint density at radius 3 is 2.52 bits per heavy atom. The van der Waals surface area contributed by atoms with Crippen LogP contribution in [0.2, 0.25) is 0 Å². The van der Waals surface area contributed by atoms with Crippen LogP contribution in [0, 0.1) is 6.92 Å². The van der Waals surface area contributed by atoms with Gasteiger partial charge in [0.05, 0.1) is 17.8 Å². The van der Waals surface area contributed by atoms with Gasteiger partial charge in [-0.25, -0.2) is 17.9 Å². The second-order valence-electron chi connectivity index (χ2n) is 5.44. The lowest BCUT2D eigenvalue weighted by atomic mass is 9.83. The van der Waals surface area contributed by atoms with Crippen molar-refractivity contribution in [2.75, 3.05) is 6.61 Å². The third-order valence-corrected chi connectivity index (χ3v) is 5.57. The van der Waals surface area contributed by atoms with E-state index in [1.54, 1.807) is 0 Å². The van der Waals surface area contributed by atoms with Gasteiger partial charge >= 0.3 is 5.97 Å². The number of aliphatic hydroxyl groups excluding tert-OH is 1. The molecule has 1 aliphatic carbocycles. The van der Waals surface area contributed by atoms with Crippen molar-refractivity contribution in [2.45, 2.75) is 49.5 Å². The van der Waals surface area contributed by atoms with Crippen LogP contribution >= 0.6 is 0 Å². The van der Waals surface area contributed by atoms with Crippen LogP contribution in [0.25, 0.3) is 0 Å². The molecule has 0 amide bonds. The molecule has 1 fully saturated rings. The zero-order valence-electron chi connectivity index (χ0n) is 11.7. The first-order valence-corrected chi connectivity index (χ1v) is 8.23. The molecular formula is C12H19N3O5S. The lowest BCUT2D eigenvalue weighted by molar-refractivity contribution is 0.0686. The zero-order chi connectivity index (χ0) is 15.7. The van der Waals surface area contributed by atoms with Gasteiger partial charge in [0.25, 0.3) is 0 Å². The summed E-state index contributed by atoms with van der Waals surface area (Å²) in [6.45, 7) is 1.13. The van der Waals surface area contributed by atoms with Gasteiger partial charge < -0.3 is 10.2 Å². The number of nitrogens with zero attached hydrogens (tertiary/aromatic N) is 1. The van der Waals surface area contributed by atoms with Crippen molar-refractivity contribution in [3.63, 3.8) is 0 Å². The monoisotopic (exact) mass is 317 g/mol. The summed E-state index contributed by atoms with van der Waals surface area (Å²) in [4.78, 5) is 10.7. The predicted molar refractivity (Wildman–Crippen MR) is 73.5 cm³/mol. The molecule has 0 bridgehead atoms. The number of hydrogen-bond donors (Lipinski definition) is 4. The summed E-state index contributed by atoms with van der Waals surface area (Å²) < 4.78 is 27.5. The summed E-state index contributed by atoms with van der Waals surface area (Å²) in [5.74, 6) is -1.42. The number of aliphatic hydroxyl groups is 1. The van der Waals surface area contributed by atoms with Gasteiger partial charge in [-0.2, -0.15) is 5.10 Å². The van der Waals surface area contributed by atoms with E-state index in [1.165, 1.54) is 6.92 Å². The van der Waals surface area contributed by atoms with Gasteiger partial charge in [-0.15, -0.1) is 0 Å². The average molecular weight is 317 g/mol. The number of aromatic nitrogens is 2. The van der Waals surface area contributed by atoms with E-state index >= 15 is 0 Å². The highest BCUT2D eigenvalue weighted by atomic mass is 32.2. The Bertz CT molecular complexity index is 631. The van der Waals surface area contributed by atoms with Crippen molar-refractivity contribution in [2.24, 2.45) is 0 Å². The summed E-state index contributed by atoms with van der Waals surface area (Å²) in [6.07, 6.45) is 3.69. The average Bonchev–Trinajstić information content (AvgIpc) is 2.82. The number of aryl methyl sites for hydroxylation is 1. The van der Waals surface area contributed by atoms with Gasteiger partial charge in [-0.05, 0) is 19.8 Å². The molecule has 4 N–H and O–H groups in total. The van der Waals surface area contributed by atoms with Crippen LogP contribution in [0.15, 0.2) is 4.90 Å². The Balaban J connectivity index is 2.38. The molecule has 1 aliphatic rings. The van der Waals surface area contributed by atoms with E-state index in [-0.39, 0.29) is 17.2 Å². The third kappa shape index (κ3) is 3.09. The minimum Gasteiger partial charge on any atom is -0.476 e. The van der Waals surface area contributed by atoms with Crippen molar-refractivity contribution in [3.8, 4) is 0 Å². The molecule has 9 heteroatoms. The first kappa shape index (κ1) is 15.9. The molecular weight excluding hydrogens is 298 g/mol. The summed E-state index contributed by atoms with van der Waals surface area (Å²) in [7, 11) is -4.08. The van der Waals surface area contributed by atoms with Gasteiger partial charge in [-0.3, -0.25) is 5.10 Å². The number of aromatic amines is 1. The van der Waals surface area contributed by atoms with E-state index in [0.29, 0.717) is 12.8 Å². The molecule has 1 saturated carbocycles. The Hall–Kier alpha value is -1.45. The minimum atomic E-state index is -4.08. The summed E-state index contributed by atoms with van der Waals surface area (Å²) in [5.41, 5.74) is -1.30. The molecule has 2 rings (SSSR count). The van der Waals surface area contributed by atoms with Crippen LogP contribution in [-0.2, 0) is 10.0 Å². The van der Waals surface area contributed by atoms with E-state index in [9.17, 15) is 18.3 Å². The highest BCUT2D eigenvalue weighted by molar-refractivity contribution is 7.89. The molecule has 1 heterocycles. The minimum absolute atomic E-state index is 0.156. The smallest absolute Gasteiger partial charge is 0.357 e. The second-order valence-corrected chi connectivity index (χ2v) is 7.06. The maximum Gasteiger partial charge on any atom is 0.357 e. The van der Waals surface area contributed by atoms with Gasteiger partial charge in [0.15, 0.2) is 5.69 Å². The summed E-state index contributed by atoms with van der Waals surface area (Å²) in [5, 5.41) is 24.5. The fourth-order valence-electron chi connectivity index (χ4n) is 2.75. The molecule has 8 nitrogen and oxygen atoms in total. The summed E-state index contributed by atoms with van der Waals surface area (Å²) in [6, 6.07) is 0. The first-order valence-electron chi connectivity index (χ1n) is 6.74. The van der Waals surface area contributed by atoms with Crippen LogP contribution in [0.4, 0.5) is 0 Å². The lowest BCUT2D eigenvalue weighted by Crippen LogP contribution is -2.52. The van der Waals surface area contributed by atoms with E-state index in [2.05, 4.69) is 14.9 Å². The number of carboxylic acids is 1. The van der Waals surface area contributed by atoms with Crippen molar-refractivity contribution in [3.05, 3.63) is 11.4 Å². The number of hydrogen-bond acceptors (Lipinski definition) is 5. The van der Waals surface area contributed by atoms with E-state index < -0.39 is 27.2 Å². The quantitative estimate of drug-likeness (QED) is 0.621. The first-order chi connectivity index (χ1) is 9.81. The molecule has 1 aromatic heterocycles. The van der Waals surface area contributed by atoms with Crippen molar-refractivity contribution >= 4 is 16.0 Å². The van der Waals surface area contributed by atoms with Crippen LogP contribution in [0.3, 0.4) is 0 Å². The lowest BCUT2D eigenvalue weighted by Gasteiger charge is -2.35. The Morgan fingerprint density at radius 1 is 1.38 bits per heavy atom. The summed E-state index contributed by atoms with van der Waals surface area (Å²) >= 11 is 0. The van der Waals surface area contributed by atoms with Crippen LogP contribution < -0.4 is 4.72 Å². The fourth-order valence-corrected chi connectivity index (χ4v) is 4.53. The number of nitrogens with one attached hydrogen (secondary N) is 2. The number of rotatable bonds is 5. The van der Waals surface area contributed by atoms with Crippen LogP contribution in [0.5, 0.6) is 0 Å². The molecule has 0 saturated heterocycles. The van der Waals surface area contributed by atoms with Crippen molar-refractivity contribution < 1.29 is 23.4 Å². The molecule has 0 aliphatic heterocycles. The highest BCUT2D eigenvalue weighted by Gasteiger charge is 2.38. The van der Waals surface area contributed by atoms with Gasteiger partial charge in [0.1, 0.15) is 4.90 Å². The highest BCUT2D eigenvalue weighted by Crippen LogP contribution is 2.30. The van der Waals surface area contributed by atoms with Gasteiger partial charge in [-0.1, -0.05) is 19.3 Å². The number of H-pyrrole nitrogens is 1. The van der Waals surface area contributed by atoms with E-state index in [0.717, 1.165) is 19.3 Å². The topological polar surface area (TPSA) is 132 Å². The van der Waals surface area contributed by atoms with Gasteiger partial charge in [0, 0.05) is 0 Å². The molecule has 0 aromatic carbocycles. The normalized spacial score (nSPS) is 18.6. The zero-order valence-corrected chi connectivity index (χ0v) is 12.5. The SMILES string of the molecule is Cc1[nH]nc(C(=O)O)c1S(=O)(=O)NC1(CO)CCCCC1. The molecule has 118 valence electrons. The van der Waals surface area contributed by atoms with Crippen LogP contribution in [0.1, 0.15) is 48.3 Å². The fraction of sp³-hybridized carbons (Fsp3) is 0.667. The second kappa shape index (κ2) is 5.74. The predicted octanol–water partition coefficient (Wildman–Crippen LogP) is 0.390. The Morgan fingerprint density at radius 2 is 2.00 bits per heavy atom. The van der Waals surface area contributed by atoms with Crippen molar-refractivity contribution in [1.29, 1.82) is 0 Å². The number of carboxylic acid groups (broad SMARTS) is 1.